The highest BCUT2D eigenvalue weighted by molar-refractivity contribution is 7.92. The van der Waals surface area contributed by atoms with Gasteiger partial charge in [0.05, 0.1) is 42.7 Å². The van der Waals surface area contributed by atoms with Crippen LogP contribution >= 0.6 is 25.7 Å². The first-order valence-corrected chi connectivity index (χ1v) is 8.03. The number of nitrogens with zero attached hydrogens (tertiary/aromatic N) is 3. The average molecular weight is 388 g/mol. The molecular weight excluding hydrogens is 368 g/mol. The van der Waals surface area contributed by atoms with E-state index in [1.54, 1.807) is 23.1 Å². The van der Waals surface area contributed by atoms with E-state index in [1.165, 1.54) is 12.0 Å². The highest BCUT2D eigenvalue weighted by atomic mass is 32.2. The van der Waals surface area contributed by atoms with Gasteiger partial charge in [0, 0.05) is 20.6 Å². The summed E-state index contributed by atoms with van der Waals surface area (Å²) in [6, 6.07) is -0.476. The fourth-order valence-corrected chi connectivity index (χ4v) is 3.85. The predicted octanol–water partition coefficient (Wildman–Crippen LogP) is 0.197. The maximum Gasteiger partial charge on any atom is 0.274 e. The van der Waals surface area contributed by atoms with Gasteiger partial charge in [0.15, 0.2) is 17.7 Å². The van der Waals surface area contributed by atoms with E-state index in [9.17, 15) is 19.5 Å². The fraction of sp³-hybridized carbons (Fsp3) is 0.500. The van der Waals surface area contributed by atoms with Gasteiger partial charge in [0.2, 0.25) is 5.43 Å². The van der Waals surface area contributed by atoms with Gasteiger partial charge in [-0.15, -0.1) is 0 Å². The number of likely N-dealkylation sites (N-methyl/N-ethyl adjacent to an activating group) is 1. The van der Waals surface area contributed by atoms with Crippen LogP contribution in [-0.2, 0) is 4.18 Å². The summed E-state index contributed by atoms with van der Waals surface area (Å²) >= 11 is 1.06. The van der Waals surface area contributed by atoms with Crippen molar-refractivity contribution >= 4 is 37.9 Å². The number of pyridine rings is 1. The zero-order chi connectivity index (χ0) is 17.6. The van der Waals surface area contributed by atoms with E-state index in [0.717, 1.165) is 12.2 Å². The molecule has 9 nitrogen and oxygen atoms in total. The number of carbonyl (C=O) groups is 2. The largest absolute Gasteiger partial charge is 0.503 e. The van der Waals surface area contributed by atoms with Crippen molar-refractivity contribution in [1.82, 2.24) is 19.3 Å². The van der Waals surface area contributed by atoms with E-state index in [-0.39, 0.29) is 36.8 Å². The summed E-state index contributed by atoms with van der Waals surface area (Å²) < 4.78 is 8.21. The summed E-state index contributed by atoms with van der Waals surface area (Å²) in [7, 11) is 4.88. The number of nitrogens with one attached hydrogen (secondary N) is 1. The topological polar surface area (TPSA) is 104 Å². The van der Waals surface area contributed by atoms with Crippen molar-refractivity contribution in [3.05, 3.63) is 27.2 Å². The third-order valence-electron chi connectivity index (χ3n) is 4.34. The molecule has 2 aliphatic heterocycles. The molecule has 2 aliphatic rings. The van der Waals surface area contributed by atoms with Crippen molar-refractivity contribution in [2.24, 2.45) is 0 Å². The van der Waals surface area contributed by atoms with Crippen molar-refractivity contribution in [2.45, 2.75) is 18.5 Å². The zero-order valence-corrected chi connectivity index (χ0v) is 15.8. The zero-order valence-electron chi connectivity index (χ0n) is 14.0. The molecule has 3 rings (SSSR count). The highest BCUT2D eigenvalue weighted by Gasteiger charge is 2.43. The Morgan fingerprint density at radius 3 is 2.72 bits per heavy atom. The summed E-state index contributed by atoms with van der Waals surface area (Å²) in [5, 5.41) is 10.2. The van der Waals surface area contributed by atoms with Crippen LogP contribution in [0.3, 0.4) is 0 Å². The van der Waals surface area contributed by atoms with Gasteiger partial charge in [-0.1, -0.05) is 0 Å². The molecule has 0 spiro atoms. The lowest BCUT2D eigenvalue weighted by Crippen LogP contribution is -2.41. The van der Waals surface area contributed by atoms with Crippen LogP contribution < -0.4 is 10.9 Å². The van der Waals surface area contributed by atoms with Crippen molar-refractivity contribution in [3.63, 3.8) is 0 Å². The first-order valence-electron chi connectivity index (χ1n) is 7.33. The Morgan fingerprint density at radius 1 is 1.44 bits per heavy atom. The molecule has 0 bridgehead atoms. The van der Waals surface area contributed by atoms with Crippen LogP contribution in [0.1, 0.15) is 45.0 Å². The molecule has 2 atom stereocenters. The summed E-state index contributed by atoms with van der Waals surface area (Å²) in [5.41, 5.74) is 2.59. The number of hydrogen-bond donors (Lipinski definition) is 2. The molecule has 0 fully saturated rings. The lowest BCUT2D eigenvalue weighted by molar-refractivity contribution is 0.0713. The molecule has 3 heterocycles. The van der Waals surface area contributed by atoms with Gasteiger partial charge < -0.3 is 18.8 Å². The molecule has 1 aromatic rings. The Bertz CT molecular complexity index is 769. The van der Waals surface area contributed by atoms with Gasteiger partial charge in [-0.05, 0) is 6.42 Å². The average Bonchev–Trinajstić information content (AvgIpc) is 2.86. The third kappa shape index (κ3) is 3.06. The van der Waals surface area contributed by atoms with Crippen molar-refractivity contribution < 1.29 is 18.9 Å². The lowest BCUT2D eigenvalue weighted by Gasteiger charge is -2.31. The van der Waals surface area contributed by atoms with E-state index >= 15 is 0 Å². The number of aldehydes is 1. The van der Waals surface area contributed by atoms with Gasteiger partial charge >= 0.3 is 0 Å². The molecule has 25 heavy (non-hydrogen) atoms. The number of carbonyl (C=O) groups excluding carboxylic acids is 2. The number of aromatic nitrogens is 1. The highest BCUT2D eigenvalue weighted by Crippen LogP contribution is 2.41. The monoisotopic (exact) mass is 388 g/mol. The van der Waals surface area contributed by atoms with E-state index in [4.69, 9.17) is 4.18 Å². The van der Waals surface area contributed by atoms with Gasteiger partial charge in [-0.2, -0.15) is 17.9 Å². The van der Waals surface area contributed by atoms with Gasteiger partial charge in [0.25, 0.3) is 5.91 Å². The molecule has 0 aliphatic carbocycles. The molecule has 1 aromatic heterocycles. The van der Waals surface area contributed by atoms with Crippen LogP contribution in [0.5, 0.6) is 5.75 Å². The fourth-order valence-electron chi connectivity index (χ4n) is 3.46. The minimum absolute atomic E-state index is 0. The smallest absolute Gasteiger partial charge is 0.274 e. The molecule has 0 saturated heterocycles. The third-order valence-corrected chi connectivity index (χ3v) is 4.82. The SMILES string of the molecule is COSN(C)NC1CC2CN(C)C(=O)c3c(O)c(=O)c(C=O)c1n32.S. The molecule has 0 aromatic carbocycles. The maximum atomic E-state index is 12.4. The molecule has 0 saturated carbocycles. The predicted molar refractivity (Wildman–Crippen MR) is 97.0 cm³/mol. The quantitative estimate of drug-likeness (QED) is 0.319. The number of rotatable bonds is 5. The molecule has 1 amide bonds. The molecule has 2 unspecified atom stereocenters. The van der Waals surface area contributed by atoms with E-state index in [2.05, 4.69) is 5.43 Å². The van der Waals surface area contributed by atoms with Crippen molar-refractivity contribution in [1.29, 1.82) is 0 Å². The van der Waals surface area contributed by atoms with Crippen molar-refractivity contribution in [2.75, 3.05) is 27.7 Å². The Kier molecular flexibility index (Phi) is 5.84. The molecular formula is C14H20N4O5S2. The first kappa shape index (κ1) is 19.8. The maximum absolute atomic E-state index is 12.4. The van der Waals surface area contributed by atoms with Crippen LogP contribution in [0, 0.1) is 0 Å². The lowest BCUT2D eigenvalue weighted by atomic mass is 10.1. The van der Waals surface area contributed by atoms with Crippen LogP contribution in [0.2, 0.25) is 0 Å². The van der Waals surface area contributed by atoms with Crippen LogP contribution in [0.25, 0.3) is 0 Å². The number of amides is 1. The summed E-state index contributed by atoms with van der Waals surface area (Å²) in [6.07, 6.45) is 1.01. The molecule has 2 N–H and O–H groups in total. The second-order valence-corrected chi connectivity index (χ2v) is 6.84. The Hall–Kier alpha value is -1.53. The molecule has 11 heteroatoms. The number of hydrogen-bond acceptors (Lipinski definition) is 8. The standard InChI is InChI=1S/C14H18N4O5S.H2S/c1-16-5-7-4-9(15-17(2)24-23-3)10-8(6-19)12(20)13(21)11(14(16)22)18(7)10;/h6-7,9,15,21H,4-5H2,1-3H3;1H2. The second-order valence-electron chi connectivity index (χ2n) is 5.81. The van der Waals surface area contributed by atoms with Crippen LogP contribution in [0.4, 0.5) is 0 Å². The van der Waals surface area contributed by atoms with Gasteiger partial charge in [-0.3, -0.25) is 14.4 Å². The van der Waals surface area contributed by atoms with E-state index < -0.39 is 17.1 Å². The van der Waals surface area contributed by atoms with Crippen LogP contribution in [-0.4, -0.2) is 58.9 Å². The minimum atomic E-state index is -0.815. The van der Waals surface area contributed by atoms with Gasteiger partial charge in [0.1, 0.15) is 0 Å². The van der Waals surface area contributed by atoms with Crippen molar-refractivity contribution in [3.8, 4) is 5.75 Å². The minimum Gasteiger partial charge on any atom is -0.503 e. The summed E-state index contributed by atoms with van der Waals surface area (Å²) in [4.78, 5) is 37.7. The Labute approximate surface area is 155 Å². The first-order chi connectivity index (χ1) is 11.4. The molecule has 0 radical (unpaired) electrons. The summed E-state index contributed by atoms with van der Waals surface area (Å²) in [6.45, 7) is 0.443. The molecule has 138 valence electrons. The van der Waals surface area contributed by atoms with E-state index in [1.807, 2.05) is 0 Å². The summed E-state index contributed by atoms with van der Waals surface area (Å²) in [5.74, 6) is -1.09. The normalized spacial score (nSPS) is 21.3. The second kappa shape index (κ2) is 7.38. The van der Waals surface area contributed by atoms with Gasteiger partial charge in [-0.25, -0.2) is 5.43 Å². The van der Waals surface area contributed by atoms with Crippen LogP contribution in [0.15, 0.2) is 4.79 Å². The number of aromatic hydroxyl groups is 1. The Balaban J connectivity index is 0.00000225. The Morgan fingerprint density at radius 2 is 2.12 bits per heavy atom. The number of hydrazine groups is 1. The van der Waals surface area contributed by atoms with E-state index in [0.29, 0.717) is 24.9 Å².